The van der Waals surface area contributed by atoms with Crippen LogP contribution in [0.3, 0.4) is 0 Å². The summed E-state index contributed by atoms with van der Waals surface area (Å²) >= 11 is 1.73. The van der Waals surface area contributed by atoms with Gasteiger partial charge in [-0.2, -0.15) is 0 Å². The second-order valence-electron chi connectivity index (χ2n) is 9.25. The van der Waals surface area contributed by atoms with Crippen molar-refractivity contribution in [2.45, 2.75) is 57.1 Å². The highest BCUT2D eigenvalue weighted by Crippen LogP contribution is 2.36. The minimum absolute atomic E-state index is 0.402. The molecule has 0 radical (unpaired) electrons. The van der Waals surface area contributed by atoms with Crippen LogP contribution in [0.1, 0.15) is 36.5 Å². The van der Waals surface area contributed by atoms with Crippen molar-refractivity contribution in [2.75, 3.05) is 12.3 Å². The number of hydrogen-bond acceptors (Lipinski definition) is 4. The topological polar surface area (TPSA) is 64.0 Å². The molecule has 4 aromatic rings. The van der Waals surface area contributed by atoms with Crippen LogP contribution in [-0.2, 0) is 16.6 Å². The van der Waals surface area contributed by atoms with Crippen LogP contribution < -0.4 is 4.72 Å². The normalized spacial score (nSPS) is 11.7. The summed E-state index contributed by atoms with van der Waals surface area (Å²) in [5, 5.41) is 0.992. The molecule has 1 aromatic heterocycles. The largest absolute Gasteiger partial charge is 0.319 e. The van der Waals surface area contributed by atoms with Crippen LogP contribution in [0.15, 0.2) is 82.8 Å². The lowest BCUT2D eigenvalue weighted by molar-refractivity contribution is 0.577. The molecule has 5 nitrogen and oxygen atoms in total. The Labute approximate surface area is 225 Å². The van der Waals surface area contributed by atoms with Gasteiger partial charge in [0.1, 0.15) is 0 Å². The summed E-state index contributed by atoms with van der Waals surface area (Å²) in [6, 6.07) is 24.6. The number of thioether (sulfide) groups is 1. The fourth-order valence-corrected chi connectivity index (χ4v) is 7.37. The minimum Gasteiger partial charge on any atom is -0.319 e. The van der Waals surface area contributed by atoms with E-state index in [0.29, 0.717) is 11.4 Å². The van der Waals surface area contributed by atoms with Gasteiger partial charge in [0.2, 0.25) is 10.0 Å². The highest BCUT2D eigenvalue weighted by molar-refractivity contribution is 7.99. The maximum Gasteiger partial charge on any atom is 0.241 e. The van der Waals surface area contributed by atoms with E-state index in [0.717, 1.165) is 69.5 Å². The van der Waals surface area contributed by atoms with E-state index in [1.165, 1.54) is 0 Å². The van der Waals surface area contributed by atoms with Gasteiger partial charge in [-0.1, -0.05) is 90.1 Å². The molecule has 7 heteroatoms. The summed E-state index contributed by atoms with van der Waals surface area (Å²) in [6.45, 7) is 9.08. The molecule has 0 saturated heterocycles. The van der Waals surface area contributed by atoms with Crippen LogP contribution in [0.5, 0.6) is 0 Å². The van der Waals surface area contributed by atoms with E-state index in [4.69, 9.17) is 4.98 Å². The lowest BCUT2D eigenvalue weighted by Crippen LogP contribution is -2.26. The molecule has 0 spiro atoms. The van der Waals surface area contributed by atoms with Crippen LogP contribution >= 0.6 is 11.8 Å². The molecule has 0 unspecified atom stereocenters. The summed E-state index contributed by atoms with van der Waals surface area (Å²) in [6.07, 6.45) is 1.65. The molecule has 0 atom stereocenters. The molecule has 0 aliphatic carbocycles. The van der Waals surface area contributed by atoms with Gasteiger partial charge in [-0.3, -0.25) is 0 Å². The van der Waals surface area contributed by atoms with Crippen molar-refractivity contribution in [3.63, 3.8) is 0 Å². The second-order valence-corrected chi connectivity index (χ2v) is 12.0. The van der Waals surface area contributed by atoms with Crippen molar-refractivity contribution in [2.24, 2.45) is 0 Å². The van der Waals surface area contributed by atoms with Crippen LogP contribution in [0.2, 0.25) is 0 Å². The number of aromatic nitrogens is 2. The summed E-state index contributed by atoms with van der Waals surface area (Å²) in [7, 11) is -3.53. The van der Waals surface area contributed by atoms with E-state index in [1.54, 1.807) is 11.8 Å². The lowest BCUT2D eigenvalue weighted by Gasteiger charge is -2.13. The lowest BCUT2D eigenvalue weighted by atomic mass is 10.0. The molecule has 0 aliphatic heterocycles. The third kappa shape index (κ3) is 6.35. The first-order chi connectivity index (χ1) is 17.8. The number of nitrogens with one attached hydrogen (secondary N) is 1. The summed E-state index contributed by atoms with van der Waals surface area (Å²) in [4.78, 5) is 5.47. The van der Waals surface area contributed by atoms with Crippen LogP contribution in [-0.4, -0.2) is 30.3 Å². The van der Waals surface area contributed by atoms with Crippen molar-refractivity contribution in [3.05, 3.63) is 89.5 Å². The molecule has 37 heavy (non-hydrogen) atoms. The van der Waals surface area contributed by atoms with Gasteiger partial charge < -0.3 is 4.57 Å². The summed E-state index contributed by atoms with van der Waals surface area (Å²) in [5.74, 6) is 0.865. The zero-order chi connectivity index (χ0) is 26.4. The Bertz CT molecular complexity index is 1420. The third-order valence-corrected chi connectivity index (χ3v) is 9.14. The predicted molar refractivity (Wildman–Crippen MR) is 155 cm³/mol. The molecule has 1 N–H and O–H groups in total. The quantitative estimate of drug-likeness (QED) is 0.166. The van der Waals surface area contributed by atoms with E-state index < -0.39 is 10.0 Å². The highest BCUT2D eigenvalue weighted by atomic mass is 32.2. The van der Waals surface area contributed by atoms with Crippen molar-refractivity contribution in [3.8, 4) is 22.5 Å². The number of aryl methyl sites for hydroxylation is 3. The van der Waals surface area contributed by atoms with E-state index >= 15 is 0 Å². The van der Waals surface area contributed by atoms with Crippen molar-refractivity contribution >= 4 is 21.8 Å². The van der Waals surface area contributed by atoms with Gasteiger partial charge in [0, 0.05) is 30.0 Å². The number of hydrogen-bond donors (Lipinski definition) is 1. The molecule has 0 aliphatic rings. The number of unbranched alkanes of at least 4 members (excludes halogenated alkanes) is 1. The molecule has 0 bridgehead atoms. The maximum atomic E-state index is 12.9. The van der Waals surface area contributed by atoms with Gasteiger partial charge in [-0.25, -0.2) is 18.1 Å². The van der Waals surface area contributed by atoms with Gasteiger partial charge in [0.25, 0.3) is 0 Å². The smallest absolute Gasteiger partial charge is 0.241 e. The average molecular weight is 534 g/mol. The number of nitrogens with zero attached hydrogens (tertiary/aromatic N) is 2. The van der Waals surface area contributed by atoms with Crippen molar-refractivity contribution < 1.29 is 8.42 Å². The number of rotatable bonds is 11. The van der Waals surface area contributed by atoms with Gasteiger partial charge in [-0.05, 0) is 51.7 Å². The molecule has 0 fully saturated rings. The third-order valence-electron chi connectivity index (χ3n) is 6.31. The monoisotopic (exact) mass is 533 g/mol. The van der Waals surface area contributed by atoms with Crippen LogP contribution in [0.4, 0.5) is 0 Å². The first kappa shape index (κ1) is 27.2. The zero-order valence-corrected chi connectivity index (χ0v) is 23.6. The molecule has 4 rings (SSSR count). The molecule has 3 aromatic carbocycles. The SMILES string of the molecule is CCn1c(SCCCCNS(=O)(=O)c2c(C)cc(C)cc2C)nc(-c2ccccc2)c1-c1ccccc1. The fraction of sp³-hybridized carbons (Fsp3) is 0.300. The molecule has 194 valence electrons. The fourth-order valence-electron chi connectivity index (χ4n) is 4.78. The average Bonchev–Trinajstić information content (AvgIpc) is 3.24. The van der Waals surface area contributed by atoms with Crippen LogP contribution in [0, 0.1) is 20.8 Å². The van der Waals surface area contributed by atoms with Gasteiger partial charge in [0.15, 0.2) is 5.16 Å². The molecular weight excluding hydrogens is 498 g/mol. The van der Waals surface area contributed by atoms with E-state index in [1.807, 2.05) is 57.2 Å². The standard InChI is InChI=1S/C30H35N3O2S2/c1-5-33-28(26-16-10-7-11-17-26)27(25-14-8-6-9-15-25)32-30(33)36-19-13-12-18-31-37(34,35)29-23(3)20-22(2)21-24(29)4/h6-11,14-17,20-21,31H,5,12-13,18-19H2,1-4H3. The van der Waals surface area contributed by atoms with Gasteiger partial charge >= 0.3 is 0 Å². The van der Waals surface area contributed by atoms with Gasteiger partial charge in [0.05, 0.1) is 16.3 Å². The Morgan fingerprint density at radius 1 is 0.865 bits per heavy atom. The Kier molecular flexibility index (Phi) is 8.90. The maximum absolute atomic E-state index is 12.9. The van der Waals surface area contributed by atoms with Crippen molar-refractivity contribution in [1.29, 1.82) is 0 Å². The molecule has 0 amide bonds. The zero-order valence-electron chi connectivity index (χ0n) is 22.0. The Morgan fingerprint density at radius 2 is 1.46 bits per heavy atom. The predicted octanol–water partition coefficient (Wildman–Crippen LogP) is 7.01. The summed E-state index contributed by atoms with van der Waals surface area (Å²) < 4.78 is 30.9. The van der Waals surface area contributed by atoms with Crippen molar-refractivity contribution in [1.82, 2.24) is 14.3 Å². The number of sulfonamides is 1. The Balaban J connectivity index is 1.42. The molecule has 1 heterocycles. The summed E-state index contributed by atoms with van der Waals surface area (Å²) in [5.41, 5.74) is 7.03. The number of imidazole rings is 1. The van der Waals surface area contributed by atoms with Crippen LogP contribution in [0.25, 0.3) is 22.5 Å². The van der Waals surface area contributed by atoms with Gasteiger partial charge in [-0.15, -0.1) is 0 Å². The van der Waals surface area contributed by atoms with E-state index in [-0.39, 0.29) is 0 Å². The minimum atomic E-state index is -3.53. The first-order valence-electron chi connectivity index (χ1n) is 12.7. The molecule has 0 saturated carbocycles. The Hall–Kier alpha value is -2.87. The molecular formula is C30H35N3O2S2. The van der Waals surface area contributed by atoms with E-state index in [2.05, 4.69) is 52.6 Å². The van der Waals surface area contributed by atoms with E-state index in [9.17, 15) is 8.42 Å². The first-order valence-corrected chi connectivity index (χ1v) is 15.2. The number of benzene rings is 3. The second kappa shape index (κ2) is 12.1. The highest BCUT2D eigenvalue weighted by Gasteiger charge is 2.20. The Morgan fingerprint density at radius 3 is 2.05 bits per heavy atom.